The first-order chi connectivity index (χ1) is 6.33. The lowest BCUT2D eigenvalue weighted by Gasteiger charge is -1.97. The van der Waals surface area contributed by atoms with E-state index >= 15 is 0 Å². The van der Waals surface area contributed by atoms with Crippen molar-refractivity contribution in [3.8, 4) is 11.6 Å². The Morgan fingerprint density at radius 2 is 2.31 bits per heavy atom. The largest absolute Gasteiger partial charge is 0.461 e. The molecule has 0 fully saturated rings. The first kappa shape index (κ1) is 8.37. The van der Waals surface area contributed by atoms with Gasteiger partial charge in [0.2, 0.25) is 0 Å². The van der Waals surface area contributed by atoms with Crippen molar-refractivity contribution in [2.24, 2.45) is 7.05 Å². The highest BCUT2D eigenvalue weighted by atomic mass is 32.2. The predicted octanol–water partition coefficient (Wildman–Crippen LogP) is 1.80. The van der Waals surface area contributed by atoms with Crippen molar-refractivity contribution in [2.45, 2.75) is 5.16 Å². The van der Waals surface area contributed by atoms with Crippen LogP contribution < -0.4 is 0 Å². The number of nitrogens with zero attached hydrogens (tertiary/aromatic N) is 3. The molecule has 0 radical (unpaired) electrons. The van der Waals surface area contributed by atoms with E-state index in [1.165, 1.54) is 0 Å². The number of aromatic nitrogens is 3. The van der Waals surface area contributed by atoms with Gasteiger partial charge in [-0.1, -0.05) is 11.8 Å². The highest BCUT2D eigenvalue weighted by Gasteiger charge is 2.11. The van der Waals surface area contributed by atoms with E-state index in [9.17, 15) is 0 Å². The third-order valence-electron chi connectivity index (χ3n) is 1.76. The number of rotatable bonds is 2. The van der Waals surface area contributed by atoms with Crippen LogP contribution in [0.5, 0.6) is 0 Å². The van der Waals surface area contributed by atoms with Gasteiger partial charge in [0.05, 0.1) is 6.26 Å². The predicted molar refractivity (Wildman–Crippen MR) is 50.5 cm³/mol. The highest BCUT2D eigenvalue weighted by Crippen LogP contribution is 2.20. The zero-order chi connectivity index (χ0) is 9.26. The van der Waals surface area contributed by atoms with Crippen molar-refractivity contribution in [2.75, 3.05) is 6.26 Å². The average molecular weight is 195 g/mol. The van der Waals surface area contributed by atoms with Crippen LogP contribution in [0.2, 0.25) is 0 Å². The lowest BCUT2D eigenvalue weighted by Crippen LogP contribution is -1.92. The Kier molecular flexibility index (Phi) is 2.10. The van der Waals surface area contributed by atoms with Crippen LogP contribution in [0.3, 0.4) is 0 Å². The van der Waals surface area contributed by atoms with Crippen molar-refractivity contribution in [1.29, 1.82) is 0 Å². The van der Waals surface area contributed by atoms with E-state index in [4.69, 9.17) is 4.42 Å². The molecule has 2 rings (SSSR count). The van der Waals surface area contributed by atoms with Crippen molar-refractivity contribution in [1.82, 2.24) is 14.8 Å². The van der Waals surface area contributed by atoms with Crippen LogP contribution in [0.1, 0.15) is 0 Å². The Balaban J connectivity index is 2.48. The summed E-state index contributed by atoms with van der Waals surface area (Å²) in [6.45, 7) is 0. The summed E-state index contributed by atoms with van der Waals surface area (Å²) in [6.07, 6.45) is 3.60. The van der Waals surface area contributed by atoms with Crippen LogP contribution >= 0.6 is 11.8 Å². The van der Waals surface area contributed by atoms with E-state index in [1.54, 1.807) is 18.0 Å². The van der Waals surface area contributed by atoms with Gasteiger partial charge in [-0.05, 0) is 18.4 Å². The molecule has 0 saturated carbocycles. The molecule has 2 heterocycles. The van der Waals surface area contributed by atoms with Crippen molar-refractivity contribution in [3.05, 3.63) is 18.4 Å². The van der Waals surface area contributed by atoms with Crippen molar-refractivity contribution in [3.63, 3.8) is 0 Å². The zero-order valence-corrected chi connectivity index (χ0v) is 8.21. The lowest BCUT2D eigenvalue weighted by molar-refractivity contribution is 0.572. The van der Waals surface area contributed by atoms with Crippen LogP contribution in [-0.2, 0) is 7.05 Å². The van der Waals surface area contributed by atoms with Crippen LogP contribution in [-0.4, -0.2) is 21.0 Å². The molecule has 68 valence electrons. The summed E-state index contributed by atoms with van der Waals surface area (Å²) < 4.78 is 7.13. The molecule has 2 aromatic heterocycles. The summed E-state index contributed by atoms with van der Waals surface area (Å²) in [7, 11) is 1.92. The molecule has 5 heteroatoms. The first-order valence-electron chi connectivity index (χ1n) is 3.80. The topological polar surface area (TPSA) is 43.9 Å². The minimum absolute atomic E-state index is 0.746. The minimum atomic E-state index is 0.746. The summed E-state index contributed by atoms with van der Waals surface area (Å²) in [5, 5.41) is 8.91. The number of furan rings is 1. The maximum atomic E-state index is 5.23. The van der Waals surface area contributed by atoms with E-state index < -0.39 is 0 Å². The molecule has 2 aromatic rings. The van der Waals surface area contributed by atoms with Gasteiger partial charge >= 0.3 is 0 Å². The number of thioether (sulfide) groups is 1. The van der Waals surface area contributed by atoms with Crippen LogP contribution in [0.15, 0.2) is 28.0 Å². The number of hydrogen-bond donors (Lipinski definition) is 0. The molecule has 13 heavy (non-hydrogen) atoms. The SMILES string of the molecule is CSc1nnc(-c2ccco2)n1C. The van der Waals surface area contributed by atoms with E-state index in [1.807, 2.05) is 30.0 Å². The Hall–Kier alpha value is -1.23. The minimum Gasteiger partial charge on any atom is -0.461 e. The molecule has 0 aliphatic carbocycles. The van der Waals surface area contributed by atoms with E-state index in [-0.39, 0.29) is 0 Å². The van der Waals surface area contributed by atoms with Gasteiger partial charge in [-0.25, -0.2) is 0 Å². The Morgan fingerprint density at radius 1 is 1.46 bits per heavy atom. The van der Waals surface area contributed by atoms with Crippen molar-refractivity contribution < 1.29 is 4.42 Å². The summed E-state index contributed by atoms with van der Waals surface area (Å²) in [4.78, 5) is 0. The van der Waals surface area contributed by atoms with Gasteiger partial charge in [0.15, 0.2) is 16.7 Å². The average Bonchev–Trinajstić information content (AvgIpc) is 2.72. The molecule has 0 aliphatic rings. The molecule has 0 bridgehead atoms. The molecule has 0 aliphatic heterocycles. The van der Waals surface area contributed by atoms with Gasteiger partial charge in [0.25, 0.3) is 0 Å². The van der Waals surface area contributed by atoms with Crippen LogP contribution in [0.25, 0.3) is 11.6 Å². The molecule has 0 amide bonds. The van der Waals surface area contributed by atoms with E-state index in [2.05, 4.69) is 10.2 Å². The van der Waals surface area contributed by atoms with Crippen LogP contribution in [0.4, 0.5) is 0 Å². The van der Waals surface area contributed by atoms with Crippen molar-refractivity contribution >= 4 is 11.8 Å². The number of hydrogen-bond acceptors (Lipinski definition) is 4. The van der Waals surface area contributed by atoms with Gasteiger partial charge in [-0.15, -0.1) is 10.2 Å². The summed E-state index contributed by atoms with van der Waals surface area (Å²) in [5.74, 6) is 1.50. The molecule has 0 atom stereocenters. The van der Waals surface area contributed by atoms with Gasteiger partial charge in [0.1, 0.15) is 0 Å². The molecule has 0 aromatic carbocycles. The molecule has 0 unspecified atom stereocenters. The normalized spacial score (nSPS) is 10.6. The molecular formula is C8H9N3OS. The van der Waals surface area contributed by atoms with E-state index in [0.29, 0.717) is 0 Å². The third-order valence-corrected chi connectivity index (χ3v) is 2.48. The second-order valence-corrected chi connectivity index (χ2v) is 3.32. The third kappa shape index (κ3) is 1.35. The standard InChI is InChI=1S/C8H9N3OS/c1-11-7(6-4-3-5-12-6)9-10-8(11)13-2/h3-5H,1-2H3. The quantitative estimate of drug-likeness (QED) is 0.685. The van der Waals surface area contributed by atoms with Gasteiger partial charge in [-0.2, -0.15) is 0 Å². The fourth-order valence-corrected chi connectivity index (χ4v) is 1.60. The summed E-state index contributed by atoms with van der Waals surface area (Å²) in [5.41, 5.74) is 0. The van der Waals surface area contributed by atoms with Gasteiger partial charge in [-0.3, -0.25) is 0 Å². The first-order valence-corrected chi connectivity index (χ1v) is 5.02. The Labute approximate surface area is 80.0 Å². The lowest BCUT2D eigenvalue weighted by atomic mass is 10.4. The van der Waals surface area contributed by atoms with Crippen LogP contribution in [0, 0.1) is 0 Å². The highest BCUT2D eigenvalue weighted by molar-refractivity contribution is 7.98. The maximum absolute atomic E-state index is 5.23. The molecule has 0 N–H and O–H groups in total. The summed E-state index contributed by atoms with van der Waals surface area (Å²) >= 11 is 1.56. The Morgan fingerprint density at radius 3 is 2.85 bits per heavy atom. The second kappa shape index (κ2) is 3.26. The fourth-order valence-electron chi connectivity index (χ4n) is 1.11. The molecule has 4 nitrogen and oxygen atoms in total. The van der Waals surface area contributed by atoms with Gasteiger partial charge < -0.3 is 8.98 Å². The fraction of sp³-hybridized carbons (Fsp3) is 0.250. The van der Waals surface area contributed by atoms with E-state index in [0.717, 1.165) is 16.7 Å². The zero-order valence-electron chi connectivity index (χ0n) is 7.39. The molecular weight excluding hydrogens is 186 g/mol. The van der Waals surface area contributed by atoms with Gasteiger partial charge in [0, 0.05) is 7.05 Å². The Bertz CT molecular complexity index is 393. The smallest absolute Gasteiger partial charge is 0.200 e. The maximum Gasteiger partial charge on any atom is 0.200 e. The second-order valence-electron chi connectivity index (χ2n) is 2.55. The summed E-state index contributed by atoms with van der Waals surface area (Å²) in [6, 6.07) is 3.71. The molecule has 0 saturated heterocycles. The molecule has 0 spiro atoms. The monoisotopic (exact) mass is 195 g/mol.